The molecule has 0 radical (unpaired) electrons. The van der Waals surface area contributed by atoms with Crippen LogP contribution < -0.4 is 0 Å². The van der Waals surface area contributed by atoms with Gasteiger partial charge in [-0.05, 0) is 31.1 Å². The predicted molar refractivity (Wildman–Crippen MR) is 46.0 cm³/mol. The van der Waals surface area contributed by atoms with Crippen molar-refractivity contribution in [3.05, 3.63) is 0 Å². The van der Waals surface area contributed by atoms with Crippen LogP contribution in [0, 0.1) is 11.8 Å². The maximum Gasteiger partial charge on any atom is 0.306 e. The topological polar surface area (TPSA) is 26.3 Å². The van der Waals surface area contributed by atoms with Gasteiger partial charge in [0.2, 0.25) is 0 Å². The van der Waals surface area contributed by atoms with Crippen molar-refractivity contribution in [1.29, 1.82) is 0 Å². The third-order valence-electron chi connectivity index (χ3n) is 2.94. The molecule has 0 N–H and O–H groups in total. The van der Waals surface area contributed by atoms with Crippen molar-refractivity contribution in [3.63, 3.8) is 0 Å². The Bertz CT molecular complexity index is 193. The maximum atomic E-state index is 11.2. The highest BCUT2D eigenvalue weighted by atomic mass is 35.5. The van der Waals surface area contributed by atoms with Crippen LogP contribution in [0.15, 0.2) is 0 Å². The quantitative estimate of drug-likeness (QED) is 0.465. The number of rotatable bonds is 1. The Morgan fingerprint density at radius 3 is 2.92 bits per heavy atom. The van der Waals surface area contributed by atoms with Crippen LogP contribution in [-0.4, -0.2) is 18.0 Å². The fourth-order valence-corrected chi connectivity index (χ4v) is 2.28. The highest BCUT2D eigenvalue weighted by Gasteiger charge is 2.38. The van der Waals surface area contributed by atoms with Gasteiger partial charge < -0.3 is 4.74 Å². The summed E-state index contributed by atoms with van der Waals surface area (Å²) in [5.41, 5.74) is 0. The minimum absolute atomic E-state index is 0.0483. The molecular formula is C9H13ClO2. The van der Waals surface area contributed by atoms with E-state index in [1.54, 1.807) is 0 Å². The predicted octanol–water partition coefficient (Wildman–Crippen LogP) is 1.96. The van der Waals surface area contributed by atoms with Gasteiger partial charge in [-0.15, -0.1) is 11.6 Å². The number of ether oxygens (including phenoxy) is 1. The molecule has 0 aromatic rings. The van der Waals surface area contributed by atoms with Crippen LogP contribution in [-0.2, 0) is 9.53 Å². The molecule has 0 unspecified atom stereocenters. The Labute approximate surface area is 77.2 Å². The van der Waals surface area contributed by atoms with Gasteiger partial charge in [-0.3, -0.25) is 4.79 Å². The van der Waals surface area contributed by atoms with E-state index in [4.69, 9.17) is 16.3 Å². The molecule has 1 saturated heterocycles. The van der Waals surface area contributed by atoms with Crippen molar-refractivity contribution in [2.24, 2.45) is 11.8 Å². The minimum atomic E-state index is -0.0483. The molecule has 0 bridgehead atoms. The molecular weight excluding hydrogens is 176 g/mol. The van der Waals surface area contributed by atoms with Crippen molar-refractivity contribution in [3.8, 4) is 0 Å². The van der Waals surface area contributed by atoms with Gasteiger partial charge in [0.1, 0.15) is 6.10 Å². The number of hydrogen-bond acceptors (Lipinski definition) is 2. The Morgan fingerprint density at radius 2 is 2.33 bits per heavy atom. The average Bonchev–Trinajstić information content (AvgIpc) is 2.14. The zero-order valence-corrected chi connectivity index (χ0v) is 7.72. The molecule has 2 nitrogen and oxygen atoms in total. The van der Waals surface area contributed by atoms with Gasteiger partial charge in [-0.25, -0.2) is 0 Å². The van der Waals surface area contributed by atoms with Crippen molar-refractivity contribution >= 4 is 17.6 Å². The number of alkyl halides is 1. The van der Waals surface area contributed by atoms with E-state index in [-0.39, 0.29) is 12.1 Å². The number of hydrogen-bond donors (Lipinski definition) is 0. The zero-order chi connectivity index (χ0) is 8.55. The van der Waals surface area contributed by atoms with E-state index in [1.807, 2.05) is 0 Å². The second-order valence-corrected chi connectivity index (χ2v) is 4.13. The number of halogens is 1. The molecule has 68 valence electrons. The number of esters is 1. The summed E-state index contributed by atoms with van der Waals surface area (Å²) in [4.78, 5) is 11.2. The molecule has 0 aromatic heterocycles. The highest BCUT2D eigenvalue weighted by Crippen LogP contribution is 2.39. The summed E-state index contributed by atoms with van der Waals surface area (Å²) in [7, 11) is 0. The van der Waals surface area contributed by atoms with Crippen LogP contribution in [0.3, 0.4) is 0 Å². The summed E-state index contributed by atoms with van der Waals surface area (Å²) < 4.78 is 5.24. The first-order valence-electron chi connectivity index (χ1n) is 4.55. The SMILES string of the molecule is O=C1C[C@@H](CCl)C[C@H]2CC[C@H]2O1. The van der Waals surface area contributed by atoms with Crippen LogP contribution in [0.2, 0.25) is 0 Å². The second kappa shape index (κ2) is 3.25. The lowest BCUT2D eigenvalue weighted by atomic mass is 9.77. The van der Waals surface area contributed by atoms with Crippen molar-refractivity contribution < 1.29 is 9.53 Å². The van der Waals surface area contributed by atoms with E-state index in [2.05, 4.69) is 0 Å². The van der Waals surface area contributed by atoms with E-state index < -0.39 is 0 Å². The van der Waals surface area contributed by atoms with Crippen LogP contribution in [0.4, 0.5) is 0 Å². The molecule has 1 aliphatic carbocycles. The highest BCUT2D eigenvalue weighted by molar-refractivity contribution is 6.18. The molecule has 1 saturated carbocycles. The zero-order valence-electron chi connectivity index (χ0n) is 6.96. The van der Waals surface area contributed by atoms with Gasteiger partial charge >= 0.3 is 5.97 Å². The lowest BCUT2D eigenvalue weighted by molar-refractivity contribution is -0.155. The monoisotopic (exact) mass is 188 g/mol. The molecule has 0 spiro atoms. The number of carbonyl (C=O) groups excluding carboxylic acids is 1. The molecule has 1 aliphatic heterocycles. The molecule has 0 aromatic carbocycles. The molecule has 3 atom stereocenters. The fraction of sp³-hybridized carbons (Fsp3) is 0.889. The van der Waals surface area contributed by atoms with E-state index in [0.29, 0.717) is 24.1 Å². The largest absolute Gasteiger partial charge is 0.462 e. The third kappa shape index (κ3) is 1.45. The van der Waals surface area contributed by atoms with Gasteiger partial charge in [-0.2, -0.15) is 0 Å². The first-order valence-corrected chi connectivity index (χ1v) is 5.08. The summed E-state index contributed by atoms with van der Waals surface area (Å²) in [6, 6.07) is 0. The fourth-order valence-electron chi connectivity index (χ4n) is 2.04. The molecule has 3 heteroatoms. The molecule has 1 heterocycles. The summed E-state index contributed by atoms with van der Waals surface area (Å²) in [6.45, 7) is 0. The van der Waals surface area contributed by atoms with Crippen molar-refractivity contribution in [2.45, 2.75) is 31.8 Å². The van der Waals surface area contributed by atoms with Crippen LogP contribution in [0.25, 0.3) is 0 Å². The summed E-state index contributed by atoms with van der Waals surface area (Å²) in [5, 5.41) is 0. The first-order chi connectivity index (χ1) is 5.79. The average molecular weight is 189 g/mol. The lowest BCUT2D eigenvalue weighted by Crippen LogP contribution is -2.34. The van der Waals surface area contributed by atoms with E-state index in [1.165, 1.54) is 6.42 Å². The third-order valence-corrected chi connectivity index (χ3v) is 3.38. The van der Waals surface area contributed by atoms with Gasteiger partial charge in [0.25, 0.3) is 0 Å². The Hall–Kier alpha value is -0.240. The van der Waals surface area contributed by atoms with E-state index in [9.17, 15) is 4.79 Å². The summed E-state index contributed by atoms with van der Waals surface area (Å²) in [6.07, 6.45) is 4.11. The molecule has 2 fully saturated rings. The van der Waals surface area contributed by atoms with Gasteiger partial charge in [0, 0.05) is 12.3 Å². The number of fused-ring (bicyclic) bond motifs is 1. The molecule has 2 rings (SSSR count). The lowest BCUT2D eigenvalue weighted by Gasteiger charge is -2.34. The normalized spacial score (nSPS) is 40.8. The minimum Gasteiger partial charge on any atom is -0.462 e. The second-order valence-electron chi connectivity index (χ2n) is 3.83. The van der Waals surface area contributed by atoms with Crippen molar-refractivity contribution in [1.82, 2.24) is 0 Å². The summed E-state index contributed by atoms with van der Waals surface area (Å²) in [5.74, 6) is 1.51. The van der Waals surface area contributed by atoms with Gasteiger partial charge in [0.15, 0.2) is 0 Å². The van der Waals surface area contributed by atoms with E-state index >= 15 is 0 Å². The Kier molecular flexibility index (Phi) is 2.26. The van der Waals surface area contributed by atoms with Crippen LogP contribution in [0.1, 0.15) is 25.7 Å². The number of carbonyl (C=O) groups is 1. The molecule has 12 heavy (non-hydrogen) atoms. The standard InChI is InChI=1S/C9H13ClO2/c10-5-6-3-7-1-2-8(7)12-9(11)4-6/h6-8H,1-5H2/t6-,7+,8+/m0/s1. The maximum absolute atomic E-state index is 11.2. The Balaban J connectivity index is 2.00. The first kappa shape index (κ1) is 8.36. The van der Waals surface area contributed by atoms with Gasteiger partial charge in [0.05, 0.1) is 0 Å². The van der Waals surface area contributed by atoms with Crippen LogP contribution in [0.5, 0.6) is 0 Å². The van der Waals surface area contributed by atoms with E-state index in [0.717, 1.165) is 12.8 Å². The Morgan fingerprint density at radius 1 is 1.50 bits per heavy atom. The summed E-state index contributed by atoms with van der Waals surface area (Å²) >= 11 is 5.75. The van der Waals surface area contributed by atoms with Gasteiger partial charge in [-0.1, -0.05) is 0 Å². The van der Waals surface area contributed by atoms with Crippen LogP contribution >= 0.6 is 11.6 Å². The molecule has 2 aliphatic rings. The smallest absolute Gasteiger partial charge is 0.306 e. The molecule has 0 amide bonds. The van der Waals surface area contributed by atoms with Crippen molar-refractivity contribution in [2.75, 3.05) is 5.88 Å².